The fourth-order valence-corrected chi connectivity index (χ4v) is 6.63. The van der Waals surface area contributed by atoms with E-state index < -0.39 is 0 Å². The Balaban J connectivity index is 1.28. The maximum Gasteiger partial charge on any atom is 0.244 e. The van der Waals surface area contributed by atoms with Gasteiger partial charge >= 0.3 is 0 Å². The molecule has 2 aliphatic heterocycles. The number of halogens is 1. The van der Waals surface area contributed by atoms with Gasteiger partial charge in [-0.15, -0.1) is 0 Å². The van der Waals surface area contributed by atoms with Crippen LogP contribution in [0, 0.1) is 11.8 Å². The number of likely N-dealkylation sites (tertiary alicyclic amines) is 2. The monoisotopic (exact) mass is 597 g/mol. The minimum atomic E-state index is -0.111. The molecule has 6 heteroatoms. The standard InChI is InChI=1S/C37H44ClN3O2/c38-34-17-14-29(15-18-34)16-19-36(42)39-27-30-20-25-41(37(43)33(26-30)21-24-40-22-8-3-9-23-40)28-35(31-10-4-1-5-11-31)32-12-6-2-7-13-32/h1-2,4-7,10-19,30,33,35H,3,8-9,20-28H2,(H,39,42)/b19-16+/t30-,33?/m1/s1. The maximum absolute atomic E-state index is 14.2. The van der Waals surface area contributed by atoms with Gasteiger partial charge in [0, 0.05) is 42.6 Å². The summed E-state index contributed by atoms with van der Waals surface area (Å²) in [6, 6.07) is 28.5. The molecule has 0 aromatic heterocycles. The lowest BCUT2D eigenvalue weighted by Gasteiger charge is -2.31. The number of carbonyl (C=O) groups is 2. The van der Waals surface area contributed by atoms with Crippen molar-refractivity contribution in [2.24, 2.45) is 11.8 Å². The van der Waals surface area contributed by atoms with Crippen LogP contribution in [0.15, 0.2) is 91.0 Å². The fraction of sp³-hybridized carbons (Fsp3) is 0.405. The van der Waals surface area contributed by atoms with Crippen molar-refractivity contribution >= 4 is 29.5 Å². The summed E-state index contributed by atoms with van der Waals surface area (Å²) in [6.45, 7) is 5.18. The number of rotatable bonds is 11. The lowest BCUT2D eigenvalue weighted by molar-refractivity contribution is -0.135. The van der Waals surface area contributed by atoms with Gasteiger partial charge in [0.1, 0.15) is 0 Å². The number of amides is 2. The van der Waals surface area contributed by atoms with Crippen molar-refractivity contribution in [2.45, 2.75) is 44.4 Å². The second-order valence-corrected chi connectivity index (χ2v) is 12.5. The molecule has 0 saturated carbocycles. The Hall–Kier alpha value is -3.41. The van der Waals surface area contributed by atoms with E-state index in [4.69, 9.17) is 11.6 Å². The summed E-state index contributed by atoms with van der Waals surface area (Å²) >= 11 is 5.98. The van der Waals surface area contributed by atoms with Gasteiger partial charge < -0.3 is 15.1 Å². The van der Waals surface area contributed by atoms with Gasteiger partial charge in [-0.25, -0.2) is 0 Å². The van der Waals surface area contributed by atoms with Gasteiger partial charge in [0.15, 0.2) is 0 Å². The highest BCUT2D eigenvalue weighted by atomic mass is 35.5. The van der Waals surface area contributed by atoms with E-state index in [2.05, 4.69) is 63.6 Å². The molecule has 0 radical (unpaired) electrons. The molecule has 43 heavy (non-hydrogen) atoms. The molecule has 3 aromatic rings. The zero-order chi connectivity index (χ0) is 29.9. The summed E-state index contributed by atoms with van der Waals surface area (Å²) in [5, 5.41) is 3.79. The Bertz CT molecular complexity index is 1280. The van der Waals surface area contributed by atoms with Crippen molar-refractivity contribution in [3.63, 3.8) is 0 Å². The van der Waals surface area contributed by atoms with Crippen LogP contribution in [0.25, 0.3) is 6.08 Å². The molecule has 2 aliphatic rings. The Kier molecular flexibility index (Phi) is 11.5. The summed E-state index contributed by atoms with van der Waals surface area (Å²) in [6.07, 6.45) is 9.75. The van der Waals surface area contributed by atoms with E-state index in [0.717, 1.165) is 44.5 Å². The van der Waals surface area contributed by atoms with Gasteiger partial charge in [-0.1, -0.05) is 90.8 Å². The molecule has 5 nitrogen and oxygen atoms in total. The number of benzene rings is 3. The van der Waals surface area contributed by atoms with Gasteiger partial charge in [-0.3, -0.25) is 9.59 Å². The number of hydrogen-bond acceptors (Lipinski definition) is 3. The largest absolute Gasteiger partial charge is 0.352 e. The third kappa shape index (κ3) is 9.29. The van der Waals surface area contributed by atoms with Crippen LogP contribution in [-0.4, -0.2) is 60.9 Å². The number of nitrogens with one attached hydrogen (secondary N) is 1. The first-order chi connectivity index (χ1) is 21.0. The quantitative estimate of drug-likeness (QED) is 0.241. The molecule has 3 aromatic carbocycles. The summed E-state index contributed by atoms with van der Waals surface area (Å²) in [5.74, 6) is 0.484. The van der Waals surface area contributed by atoms with Crippen molar-refractivity contribution in [1.82, 2.24) is 15.1 Å². The first-order valence-corrected chi connectivity index (χ1v) is 16.3. The Morgan fingerprint density at radius 3 is 2.19 bits per heavy atom. The highest BCUT2D eigenvalue weighted by Gasteiger charge is 2.33. The predicted octanol–water partition coefficient (Wildman–Crippen LogP) is 7.03. The molecular formula is C37H44ClN3O2. The summed E-state index contributed by atoms with van der Waals surface area (Å²) < 4.78 is 0. The van der Waals surface area contributed by atoms with Crippen LogP contribution in [0.2, 0.25) is 5.02 Å². The molecule has 0 spiro atoms. The van der Waals surface area contributed by atoms with Gasteiger partial charge in [0.25, 0.3) is 0 Å². The minimum Gasteiger partial charge on any atom is -0.352 e. The average molecular weight is 598 g/mol. The minimum absolute atomic E-state index is 0.0388. The van der Waals surface area contributed by atoms with E-state index >= 15 is 0 Å². The van der Waals surface area contributed by atoms with Gasteiger partial charge in [0.2, 0.25) is 11.8 Å². The third-order valence-electron chi connectivity index (χ3n) is 9.00. The Labute approximate surface area is 261 Å². The normalized spacial score (nSPS) is 20.0. The Morgan fingerprint density at radius 2 is 1.53 bits per heavy atom. The number of nitrogens with zero attached hydrogens (tertiary/aromatic N) is 2. The van der Waals surface area contributed by atoms with Crippen LogP contribution in [0.1, 0.15) is 61.1 Å². The van der Waals surface area contributed by atoms with Crippen molar-refractivity contribution < 1.29 is 9.59 Å². The van der Waals surface area contributed by atoms with Crippen molar-refractivity contribution in [2.75, 3.05) is 39.3 Å². The molecule has 2 atom stereocenters. The number of hydrogen-bond donors (Lipinski definition) is 1. The second-order valence-electron chi connectivity index (χ2n) is 12.1. The molecule has 2 fully saturated rings. The molecule has 226 valence electrons. The molecule has 1 N–H and O–H groups in total. The average Bonchev–Trinajstić information content (AvgIpc) is 3.20. The molecule has 0 aliphatic carbocycles. The van der Waals surface area contributed by atoms with Crippen LogP contribution < -0.4 is 5.32 Å². The molecule has 2 saturated heterocycles. The van der Waals surface area contributed by atoms with Crippen molar-refractivity contribution in [3.8, 4) is 0 Å². The first kappa shape index (κ1) is 31.0. The summed E-state index contributed by atoms with van der Waals surface area (Å²) in [5.41, 5.74) is 3.39. The Morgan fingerprint density at radius 1 is 0.884 bits per heavy atom. The van der Waals surface area contributed by atoms with E-state index in [1.165, 1.54) is 30.4 Å². The number of carbonyl (C=O) groups excluding carboxylic acids is 2. The van der Waals surface area contributed by atoms with Crippen LogP contribution >= 0.6 is 11.6 Å². The molecule has 5 rings (SSSR count). The smallest absolute Gasteiger partial charge is 0.244 e. The molecular weight excluding hydrogens is 554 g/mol. The van der Waals surface area contributed by atoms with Gasteiger partial charge in [-0.2, -0.15) is 0 Å². The van der Waals surface area contributed by atoms with E-state index in [9.17, 15) is 9.59 Å². The zero-order valence-corrected chi connectivity index (χ0v) is 25.8. The molecule has 0 bridgehead atoms. The number of piperidine rings is 1. The first-order valence-electron chi connectivity index (χ1n) is 15.9. The fourth-order valence-electron chi connectivity index (χ4n) is 6.50. The van der Waals surface area contributed by atoms with E-state index in [0.29, 0.717) is 24.7 Å². The highest BCUT2D eigenvalue weighted by Crippen LogP contribution is 2.31. The predicted molar refractivity (Wildman–Crippen MR) is 176 cm³/mol. The highest BCUT2D eigenvalue weighted by molar-refractivity contribution is 6.30. The van der Waals surface area contributed by atoms with E-state index in [1.54, 1.807) is 12.2 Å². The molecule has 1 unspecified atom stereocenters. The van der Waals surface area contributed by atoms with E-state index in [-0.39, 0.29) is 29.6 Å². The van der Waals surface area contributed by atoms with Crippen LogP contribution in [0.3, 0.4) is 0 Å². The maximum atomic E-state index is 14.2. The van der Waals surface area contributed by atoms with Crippen LogP contribution in [0.4, 0.5) is 0 Å². The second kappa shape index (κ2) is 15.9. The molecule has 2 amide bonds. The lowest BCUT2D eigenvalue weighted by atomic mass is 9.89. The van der Waals surface area contributed by atoms with Gasteiger partial charge in [0.05, 0.1) is 0 Å². The van der Waals surface area contributed by atoms with E-state index in [1.807, 2.05) is 36.4 Å². The van der Waals surface area contributed by atoms with Gasteiger partial charge in [-0.05, 0) is 92.6 Å². The SMILES string of the molecule is O=C(/C=C/c1ccc(Cl)cc1)NC[C@@H]1CCN(CC(c2ccccc2)c2ccccc2)C(=O)C(CCN2CCCCC2)C1. The third-order valence-corrected chi connectivity index (χ3v) is 9.25. The van der Waals surface area contributed by atoms with Crippen LogP contribution in [-0.2, 0) is 9.59 Å². The lowest BCUT2D eigenvalue weighted by Crippen LogP contribution is -2.40. The van der Waals surface area contributed by atoms with Crippen molar-refractivity contribution in [1.29, 1.82) is 0 Å². The van der Waals surface area contributed by atoms with Crippen molar-refractivity contribution in [3.05, 3.63) is 113 Å². The topological polar surface area (TPSA) is 52.7 Å². The summed E-state index contributed by atoms with van der Waals surface area (Å²) in [7, 11) is 0. The summed E-state index contributed by atoms with van der Waals surface area (Å²) in [4.78, 5) is 31.5. The zero-order valence-electron chi connectivity index (χ0n) is 25.0. The molecule has 2 heterocycles. The van der Waals surface area contributed by atoms with Crippen LogP contribution in [0.5, 0.6) is 0 Å².